The molecule has 88 valence electrons. The standard InChI is InChI=1S/C12H11NO4/c1-8-10(12(14)15)11(13-17-8)16-7-9-5-3-2-4-6-9/h2-6H,7H2,1H3,(H,14,15). The molecule has 1 N–H and O–H groups in total. The van der Waals surface area contributed by atoms with Gasteiger partial charge in [0, 0.05) is 0 Å². The maximum absolute atomic E-state index is 10.9. The van der Waals surface area contributed by atoms with Crippen LogP contribution in [0.15, 0.2) is 34.9 Å². The molecule has 0 radical (unpaired) electrons. The molecule has 1 aromatic heterocycles. The number of aromatic carboxylic acids is 1. The molecule has 0 aliphatic rings. The summed E-state index contributed by atoms with van der Waals surface area (Å²) in [6.45, 7) is 1.79. The molecule has 2 rings (SSSR count). The molecule has 0 amide bonds. The predicted octanol–water partition coefficient (Wildman–Crippen LogP) is 2.26. The van der Waals surface area contributed by atoms with E-state index in [0.717, 1.165) is 5.56 Å². The molecule has 5 heteroatoms. The largest absolute Gasteiger partial charge is 0.477 e. The van der Waals surface area contributed by atoms with Crippen molar-refractivity contribution in [3.8, 4) is 5.88 Å². The fourth-order valence-corrected chi connectivity index (χ4v) is 1.42. The summed E-state index contributed by atoms with van der Waals surface area (Å²) in [5.41, 5.74) is 0.908. The molecular weight excluding hydrogens is 222 g/mol. The van der Waals surface area contributed by atoms with E-state index in [-0.39, 0.29) is 23.8 Å². The first-order chi connectivity index (χ1) is 8.18. The summed E-state index contributed by atoms with van der Waals surface area (Å²) in [6, 6.07) is 9.42. The number of carboxylic acid groups (broad SMARTS) is 1. The van der Waals surface area contributed by atoms with Crippen LogP contribution in [0.1, 0.15) is 21.7 Å². The van der Waals surface area contributed by atoms with E-state index in [1.165, 1.54) is 6.92 Å². The van der Waals surface area contributed by atoms with Gasteiger partial charge in [-0.15, -0.1) is 0 Å². The summed E-state index contributed by atoms with van der Waals surface area (Å²) in [6.07, 6.45) is 0. The van der Waals surface area contributed by atoms with Gasteiger partial charge in [-0.1, -0.05) is 30.3 Å². The summed E-state index contributed by atoms with van der Waals surface area (Å²) in [7, 11) is 0. The molecule has 0 unspecified atom stereocenters. The maximum atomic E-state index is 10.9. The average molecular weight is 233 g/mol. The van der Waals surface area contributed by atoms with E-state index in [1.54, 1.807) is 0 Å². The Hall–Kier alpha value is -2.30. The highest BCUT2D eigenvalue weighted by Crippen LogP contribution is 2.21. The van der Waals surface area contributed by atoms with Crippen molar-refractivity contribution in [1.82, 2.24) is 5.16 Å². The zero-order valence-corrected chi connectivity index (χ0v) is 9.21. The number of carboxylic acids is 1. The molecule has 17 heavy (non-hydrogen) atoms. The van der Waals surface area contributed by atoms with Gasteiger partial charge in [0.25, 0.3) is 5.88 Å². The molecular formula is C12H11NO4. The normalized spacial score (nSPS) is 10.2. The Kier molecular flexibility index (Phi) is 3.09. The third-order valence-corrected chi connectivity index (χ3v) is 2.26. The molecule has 0 aliphatic carbocycles. The van der Waals surface area contributed by atoms with Crippen molar-refractivity contribution in [2.24, 2.45) is 0 Å². The Labute approximate surface area is 97.6 Å². The number of benzene rings is 1. The lowest BCUT2D eigenvalue weighted by Gasteiger charge is -2.02. The topological polar surface area (TPSA) is 72.6 Å². The number of hydrogen-bond acceptors (Lipinski definition) is 4. The second kappa shape index (κ2) is 4.69. The van der Waals surface area contributed by atoms with Crippen LogP contribution < -0.4 is 4.74 Å². The molecule has 5 nitrogen and oxygen atoms in total. The molecule has 0 fully saturated rings. The van der Waals surface area contributed by atoms with Gasteiger partial charge in [0.15, 0.2) is 11.3 Å². The van der Waals surface area contributed by atoms with Crippen molar-refractivity contribution in [2.75, 3.05) is 0 Å². The number of carbonyl (C=O) groups is 1. The first-order valence-corrected chi connectivity index (χ1v) is 5.05. The Balaban J connectivity index is 2.12. The second-order valence-corrected chi connectivity index (χ2v) is 3.50. The van der Waals surface area contributed by atoms with Gasteiger partial charge in [-0.05, 0) is 17.6 Å². The Morgan fingerprint density at radius 1 is 1.41 bits per heavy atom. The third kappa shape index (κ3) is 2.44. The molecule has 0 atom stereocenters. The van der Waals surface area contributed by atoms with Crippen LogP contribution >= 0.6 is 0 Å². The van der Waals surface area contributed by atoms with E-state index in [2.05, 4.69) is 5.16 Å². The summed E-state index contributed by atoms with van der Waals surface area (Å²) >= 11 is 0. The number of rotatable bonds is 4. The van der Waals surface area contributed by atoms with E-state index in [9.17, 15) is 4.79 Å². The van der Waals surface area contributed by atoms with Crippen LogP contribution in [0.4, 0.5) is 0 Å². The molecule has 2 aromatic rings. The first-order valence-electron chi connectivity index (χ1n) is 5.05. The van der Waals surface area contributed by atoms with E-state index in [1.807, 2.05) is 30.3 Å². The number of aryl methyl sites for hydroxylation is 1. The fraction of sp³-hybridized carbons (Fsp3) is 0.167. The van der Waals surface area contributed by atoms with E-state index in [4.69, 9.17) is 14.4 Å². The Morgan fingerprint density at radius 3 is 2.76 bits per heavy atom. The number of ether oxygens (including phenoxy) is 1. The van der Waals surface area contributed by atoms with Crippen LogP contribution in [0, 0.1) is 6.92 Å². The minimum Gasteiger partial charge on any atom is -0.477 e. The number of nitrogens with zero attached hydrogens (tertiary/aromatic N) is 1. The average Bonchev–Trinajstić information content (AvgIpc) is 2.69. The summed E-state index contributed by atoms with van der Waals surface area (Å²) in [5, 5.41) is 12.5. The maximum Gasteiger partial charge on any atom is 0.344 e. The zero-order chi connectivity index (χ0) is 12.3. The van der Waals surface area contributed by atoms with Gasteiger partial charge in [0.05, 0.1) is 0 Å². The predicted molar refractivity (Wildman–Crippen MR) is 59.0 cm³/mol. The van der Waals surface area contributed by atoms with E-state index >= 15 is 0 Å². The minimum absolute atomic E-state index is 0.0128. The van der Waals surface area contributed by atoms with Gasteiger partial charge in [-0.2, -0.15) is 0 Å². The summed E-state index contributed by atoms with van der Waals surface area (Å²) in [5.74, 6) is -0.855. The number of aromatic nitrogens is 1. The van der Waals surface area contributed by atoms with Crippen molar-refractivity contribution in [2.45, 2.75) is 13.5 Å². The minimum atomic E-state index is -1.10. The molecule has 1 aromatic carbocycles. The van der Waals surface area contributed by atoms with E-state index < -0.39 is 5.97 Å². The molecule has 0 saturated heterocycles. The van der Waals surface area contributed by atoms with Gasteiger partial charge in [0.2, 0.25) is 0 Å². The highest BCUT2D eigenvalue weighted by molar-refractivity contribution is 5.91. The smallest absolute Gasteiger partial charge is 0.344 e. The van der Waals surface area contributed by atoms with Gasteiger partial charge >= 0.3 is 5.97 Å². The Morgan fingerprint density at radius 2 is 2.12 bits per heavy atom. The third-order valence-electron chi connectivity index (χ3n) is 2.26. The van der Waals surface area contributed by atoms with Crippen molar-refractivity contribution < 1.29 is 19.2 Å². The van der Waals surface area contributed by atoms with Gasteiger partial charge < -0.3 is 14.4 Å². The Bertz CT molecular complexity index is 519. The lowest BCUT2D eigenvalue weighted by molar-refractivity contribution is 0.0690. The van der Waals surface area contributed by atoms with Gasteiger partial charge in [0.1, 0.15) is 6.61 Å². The molecule has 0 saturated carbocycles. The van der Waals surface area contributed by atoms with Gasteiger partial charge in [-0.25, -0.2) is 4.79 Å². The van der Waals surface area contributed by atoms with Crippen LogP contribution in [0.2, 0.25) is 0 Å². The molecule has 0 spiro atoms. The number of hydrogen-bond donors (Lipinski definition) is 1. The van der Waals surface area contributed by atoms with Crippen molar-refractivity contribution >= 4 is 5.97 Å². The van der Waals surface area contributed by atoms with Crippen molar-refractivity contribution in [1.29, 1.82) is 0 Å². The van der Waals surface area contributed by atoms with E-state index in [0.29, 0.717) is 0 Å². The fourth-order valence-electron chi connectivity index (χ4n) is 1.42. The zero-order valence-electron chi connectivity index (χ0n) is 9.21. The van der Waals surface area contributed by atoms with Crippen LogP contribution in [-0.4, -0.2) is 16.2 Å². The van der Waals surface area contributed by atoms with Crippen LogP contribution in [-0.2, 0) is 6.61 Å². The highest BCUT2D eigenvalue weighted by atomic mass is 16.5. The SMILES string of the molecule is Cc1onc(OCc2ccccc2)c1C(=O)O. The first kappa shape index (κ1) is 11.2. The van der Waals surface area contributed by atoms with Crippen molar-refractivity contribution in [3.63, 3.8) is 0 Å². The molecule has 0 bridgehead atoms. The van der Waals surface area contributed by atoms with Crippen molar-refractivity contribution in [3.05, 3.63) is 47.2 Å². The van der Waals surface area contributed by atoms with Crippen LogP contribution in [0.3, 0.4) is 0 Å². The van der Waals surface area contributed by atoms with Gasteiger partial charge in [-0.3, -0.25) is 0 Å². The monoisotopic (exact) mass is 233 g/mol. The highest BCUT2D eigenvalue weighted by Gasteiger charge is 2.20. The second-order valence-electron chi connectivity index (χ2n) is 3.50. The summed E-state index contributed by atoms with van der Waals surface area (Å²) < 4.78 is 10.1. The van der Waals surface area contributed by atoms with Crippen LogP contribution in [0.25, 0.3) is 0 Å². The summed E-state index contributed by atoms with van der Waals surface area (Å²) in [4.78, 5) is 10.9. The molecule has 0 aliphatic heterocycles. The lowest BCUT2D eigenvalue weighted by Crippen LogP contribution is -2.03. The molecule has 1 heterocycles. The van der Waals surface area contributed by atoms with Crippen LogP contribution in [0.5, 0.6) is 5.88 Å². The lowest BCUT2D eigenvalue weighted by atomic mass is 10.2. The quantitative estimate of drug-likeness (QED) is 0.876.